The second-order valence-corrected chi connectivity index (χ2v) is 12.4. The Morgan fingerprint density at radius 2 is 1.56 bits per heavy atom. The molecule has 8 heteroatoms. The Labute approximate surface area is 232 Å². The number of benzene rings is 3. The van der Waals surface area contributed by atoms with E-state index in [1.165, 1.54) is 0 Å². The summed E-state index contributed by atoms with van der Waals surface area (Å²) in [7, 11) is -1.77. The second kappa shape index (κ2) is 12.3. The molecule has 1 fully saturated rings. The number of rotatable bonds is 9. The molecule has 1 heterocycles. The van der Waals surface area contributed by atoms with Crippen LogP contribution in [0.3, 0.4) is 0 Å². The van der Waals surface area contributed by atoms with Crippen molar-refractivity contribution in [2.75, 3.05) is 33.3 Å². The maximum atomic E-state index is 13.0. The topological polar surface area (TPSA) is 79.0 Å². The van der Waals surface area contributed by atoms with E-state index < -0.39 is 10.0 Å². The van der Waals surface area contributed by atoms with E-state index in [-0.39, 0.29) is 11.9 Å². The maximum absolute atomic E-state index is 13.0. The summed E-state index contributed by atoms with van der Waals surface area (Å²) in [5.41, 5.74) is 4.99. The van der Waals surface area contributed by atoms with Crippen molar-refractivity contribution in [1.29, 1.82) is 0 Å². The number of sulfonamides is 1. The highest BCUT2D eigenvalue weighted by Gasteiger charge is 2.28. The predicted molar refractivity (Wildman–Crippen MR) is 155 cm³/mol. The molecule has 3 aromatic carbocycles. The van der Waals surface area contributed by atoms with Gasteiger partial charge in [-0.05, 0) is 78.4 Å². The summed E-state index contributed by atoms with van der Waals surface area (Å²) in [5, 5.41) is 3.14. The van der Waals surface area contributed by atoms with Gasteiger partial charge in [0.25, 0.3) is 5.91 Å². The van der Waals surface area contributed by atoms with E-state index in [1.807, 2.05) is 50.2 Å². The highest BCUT2D eigenvalue weighted by Crippen LogP contribution is 2.32. The van der Waals surface area contributed by atoms with Crippen LogP contribution >= 0.6 is 0 Å². The SMILES string of the molecule is COc1cc(C)c([C@@H](C)NC(=O)c2ccc(CN3CCN(S(=O)(=O)c4ccccc4)CC3)cc2)cc1C(C)C. The second-order valence-electron chi connectivity index (χ2n) is 10.5. The molecule has 1 N–H and O–H groups in total. The molecule has 1 atom stereocenters. The van der Waals surface area contributed by atoms with Crippen LogP contribution in [0.2, 0.25) is 0 Å². The molecule has 0 unspecified atom stereocenters. The Bertz CT molecular complexity index is 1380. The van der Waals surface area contributed by atoms with Crippen molar-refractivity contribution in [3.8, 4) is 5.75 Å². The number of ether oxygens (including phenoxy) is 1. The van der Waals surface area contributed by atoms with Crippen LogP contribution in [0.4, 0.5) is 0 Å². The first-order valence-corrected chi connectivity index (χ1v) is 14.9. The van der Waals surface area contributed by atoms with Gasteiger partial charge in [0.1, 0.15) is 5.75 Å². The summed E-state index contributed by atoms with van der Waals surface area (Å²) in [6, 6.07) is 20.3. The van der Waals surface area contributed by atoms with Crippen LogP contribution < -0.4 is 10.1 Å². The fourth-order valence-corrected chi connectivity index (χ4v) is 6.50. The van der Waals surface area contributed by atoms with Gasteiger partial charge in [0.2, 0.25) is 10.0 Å². The monoisotopic (exact) mass is 549 g/mol. The third kappa shape index (κ3) is 6.69. The number of carbonyl (C=O) groups is 1. The zero-order chi connectivity index (χ0) is 28.2. The normalized spacial score (nSPS) is 15.7. The van der Waals surface area contributed by atoms with Gasteiger partial charge in [-0.1, -0.05) is 44.2 Å². The minimum Gasteiger partial charge on any atom is -0.496 e. The van der Waals surface area contributed by atoms with Gasteiger partial charge in [-0.3, -0.25) is 9.69 Å². The number of hydrogen-bond donors (Lipinski definition) is 1. The Hall–Kier alpha value is -3.20. The van der Waals surface area contributed by atoms with Crippen molar-refractivity contribution < 1.29 is 17.9 Å². The molecule has 4 rings (SSSR count). The third-order valence-electron chi connectivity index (χ3n) is 7.39. The minimum absolute atomic E-state index is 0.116. The summed E-state index contributed by atoms with van der Waals surface area (Å²) in [5.74, 6) is 1.07. The number of piperazine rings is 1. The van der Waals surface area contributed by atoms with Crippen LogP contribution in [0, 0.1) is 6.92 Å². The van der Waals surface area contributed by atoms with E-state index in [4.69, 9.17) is 4.74 Å². The van der Waals surface area contributed by atoms with Crippen molar-refractivity contribution in [2.45, 2.75) is 51.1 Å². The molecule has 0 spiro atoms. The molecular formula is C31H39N3O4S. The van der Waals surface area contributed by atoms with Gasteiger partial charge in [0, 0.05) is 38.3 Å². The summed E-state index contributed by atoms with van der Waals surface area (Å²) in [4.78, 5) is 15.6. The lowest BCUT2D eigenvalue weighted by Gasteiger charge is -2.34. The first-order valence-electron chi connectivity index (χ1n) is 13.5. The Morgan fingerprint density at radius 1 is 0.923 bits per heavy atom. The van der Waals surface area contributed by atoms with E-state index in [1.54, 1.807) is 35.7 Å². The molecule has 0 bridgehead atoms. The van der Waals surface area contributed by atoms with Crippen LogP contribution in [0.15, 0.2) is 71.6 Å². The van der Waals surface area contributed by atoms with E-state index in [0.717, 1.165) is 28.0 Å². The van der Waals surface area contributed by atoms with Crippen LogP contribution in [-0.2, 0) is 16.6 Å². The molecule has 0 saturated carbocycles. The molecule has 1 aliphatic rings. The van der Waals surface area contributed by atoms with E-state index >= 15 is 0 Å². The lowest BCUT2D eigenvalue weighted by Crippen LogP contribution is -2.48. The zero-order valence-corrected chi connectivity index (χ0v) is 24.3. The summed E-state index contributed by atoms with van der Waals surface area (Å²) in [6.45, 7) is 11.2. The molecule has 0 aromatic heterocycles. The van der Waals surface area contributed by atoms with Crippen molar-refractivity contribution >= 4 is 15.9 Å². The van der Waals surface area contributed by atoms with Gasteiger partial charge < -0.3 is 10.1 Å². The fourth-order valence-electron chi connectivity index (χ4n) is 5.06. The molecule has 3 aromatic rings. The first-order chi connectivity index (χ1) is 18.6. The quantitative estimate of drug-likeness (QED) is 0.401. The Kier molecular flexibility index (Phi) is 9.10. The predicted octanol–water partition coefficient (Wildman–Crippen LogP) is 5.12. The van der Waals surface area contributed by atoms with Gasteiger partial charge >= 0.3 is 0 Å². The lowest BCUT2D eigenvalue weighted by molar-refractivity contribution is 0.0939. The number of hydrogen-bond acceptors (Lipinski definition) is 5. The van der Waals surface area contributed by atoms with Crippen molar-refractivity contribution in [2.24, 2.45) is 0 Å². The molecule has 1 aliphatic heterocycles. The highest BCUT2D eigenvalue weighted by atomic mass is 32.2. The van der Waals surface area contributed by atoms with Crippen LogP contribution in [-0.4, -0.2) is 56.8 Å². The minimum atomic E-state index is -3.46. The first kappa shape index (κ1) is 28.8. The van der Waals surface area contributed by atoms with Crippen molar-refractivity contribution in [3.63, 3.8) is 0 Å². The van der Waals surface area contributed by atoms with Crippen LogP contribution in [0.25, 0.3) is 0 Å². The smallest absolute Gasteiger partial charge is 0.251 e. The van der Waals surface area contributed by atoms with Gasteiger partial charge in [-0.15, -0.1) is 0 Å². The number of amides is 1. The number of nitrogens with zero attached hydrogens (tertiary/aromatic N) is 2. The molecule has 39 heavy (non-hydrogen) atoms. The van der Waals surface area contributed by atoms with E-state index in [9.17, 15) is 13.2 Å². The van der Waals surface area contributed by atoms with Gasteiger partial charge in [-0.2, -0.15) is 4.31 Å². The molecule has 208 valence electrons. The summed E-state index contributed by atoms with van der Waals surface area (Å²) >= 11 is 0. The molecule has 1 saturated heterocycles. The number of nitrogens with one attached hydrogen (secondary N) is 1. The molecule has 7 nitrogen and oxygen atoms in total. The third-order valence-corrected chi connectivity index (χ3v) is 9.30. The number of carbonyl (C=O) groups excluding carboxylic acids is 1. The van der Waals surface area contributed by atoms with Gasteiger partial charge in [0.05, 0.1) is 18.0 Å². The number of aryl methyl sites for hydroxylation is 1. The standard InChI is InChI=1S/C31H39N3O4S/c1-22(2)28-20-29(23(3)19-30(28)38-5)24(4)32-31(35)26-13-11-25(12-14-26)21-33-15-17-34(18-16-33)39(36,37)27-9-7-6-8-10-27/h6-14,19-20,22,24H,15-18,21H2,1-5H3,(H,32,35)/t24-/m1/s1. The Morgan fingerprint density at radius 3 is 2.15 bits per heavy atom. The molecule has 0 aliphatic carbocycles. The summed E-state index contributed by atoms with van der Waals surface area (Å²) in [6.07, 6.45) is 0. The molecule has 0 radical (unpaired) electrons. The zero-order valence-electron chi connectivity index (χ0n) is 23.5. The largest absolute Gasteiger partial charge is 0.496 e. The van der Waals surface area contributed by atoms with Crippen LogP contribution in [0.5, 0.6) is 5.75 Å². The fraction of sp³-hybridized carbons (Fsp3) is 0.387. The van der Waals surface area contributed by atoms with Crippen molar-refractivity contribution in [1.82, 2.24) is 14.5 Å². The highest BCUT2D eigenvalue weighted by molar-refractivity contribution is 7.89. The average Bonchev–Trinajstić information content (AvgIpc) is 2.93. The lowest BCUT2D eigenvalue weighted by atomic mass is 9.93. The summed E-state index contributed by atoms with van der Waals surface area (Å²) < 4.78 is 32.9. The Balaban J connectivity index is 1.33. The van der Waals surface area contributed by atoms with Crippen LogP contribution in [0.1, 0.15) is 65.3 Å². The van der Waals surface area contributed by atoms with Crippen molar-refractivity contribution in [3.05, 3.63) is 94.5 Å². The van der Waals surface area contributed by atoms with Gasteiger partial charge in [0.15, 0.2) is 0 Å². The van der Waals surface area contributed by atoms with Gasteiger partial charge in [-0.25, -0.2) is 8.42 Å². The van der Waals surface area contributed by atoms with E-state index in [0.29, 0.717) is 49.1 Å². The van der Waals surface area contributed by atoms with E-state index in [2.05, 4.69) is 30.1 Å². The maximum Gasteiger partial charge on any atom is 0.251 e. The molecule has 1 amide bonds. The average molecular weight is 550 g/mol. The molecular weight excluding hydrogens is 510 g/mol. The number of methoxy groups -OCH3 is 1.